The molecule has 0 bridgehead atoms. The number of ether oxygens (including phenoxy) is 1. The summed E-state index contributed by atoms with van der Waals surface area (Å²) in [7, 11) is 0. The van der Waals surface area contributed by atoms with Gasteiger partial charge in [0.15, 0.2) is 5.16 Å². The van der Waals surface area contributed by atoms with Gasteiger partial charge in [0.2, 0.25) is 5.91 Å². The van der Waals surface area contributed by atoms with E-state index in [0.29, 0.717) is 5.56 Å². The second-order valence-electron chi connectivity index (χ2n) is 5.78. The van der Waals surface area contributed by atoms with Gasteiger partial charge in [-0.2, -0.15) is 4.68 Å². The van der Waals surface area contributed by atoms with Crippen molar-refractivity contribution in [1.82, 2.24) is 9.66 Å². The molecule has 0 spiro atoms. The van der Waals surface area contributed by atoms with Crippen LogP contribution in [-0.2, 0) is 11.2 Å². The highest BCUT2D eigenvalue weighted by Crippen LogP contribution is 2.23. The molecule has 0 aliphatic carbocycles. The Hall–Kier alpha value is -3.08. The van der Waals surface area contributed by atoms with E-state index in [-0.39, 0.29) is 22.5 Å². The van der Waals surface area contributed by atoms with Crippen LogP contribution in [0.3, 0.4) is 0 Å². The van der Waals surface area contributed by atoms with Gasteiger partial charge < -0.3 is 4.74 Å². The Morgan fingerprint density at radius 2 is 1.90 bits per heavy atom. The van der Waals surface area contributed by atoms with E-state index in [0.717, 1.165) is 34.6 Å². The topological polar surface area (TPSA) is 73.2 Å². The van der Waals surface area contributed by atoms with Crippen LogP contribution in [0.2, 0.25) is 0 Å². The zero-order chi connectivity index (χ0) is 21.2. The normalized spacial score (nSPS) is 11.5. The number of fused-ring (bicyclic) bond motifs is 1. The minimum absolute atomic E-state index is 0.148. The predicted molar refractivity (Wildman–Crippen MR) is 98.9 cm³/mol. The molecule has 0 aliphatic heterocycles. The minimum Gasteiger partial charge on any atom is -0.406 e. The van der Waals surface area contributed by atoms with E-state index in [2.05, 4.69) is 15.1 Å². The first-order chi connectivity index (χ1) is 13.7. The molecule has 1 N–H and O–H groups in total. The minimum atomic E-state index is -4.81. The van der Waals surface area contributed by atoms with Crippen molar-refractivity contribution in [3.63, 3.8) is 0 Å². The molecule has 1 amide bonds. The summed E-state index contributed by atoms with van der Waals surface area (Å²) in [5, 5.41) is -0.116. The summed E-state index contributed by atoms with van der Waals surface area (Å²) < 4.78 is 55.2. The van der Waals surface area contributed by atoms with Crippen LogP contribution in [0.5, 0.6) is 5.75 Å². The van der Waals surface area contributed by atoms with Crippen molar-refractivity contribution in [2.75, 3.05) is 11.7 Å². The highest BCUT2D eigenvalue weighted by molar-refractivity contribution is 7.98. The lowest BCUT2D eigenvalue weighted by Crippen LogP contribution is -2.36. The van der Waals surface area contributed by atoms with Crippen LogP contribution < -0.4 is 15.7 Å². The van der Waals surface area contributed by atoms with Crippen molar-refractivity contribution in [3.05, 3.63) is 64.2 Å². The Kier molecular flexibility index (Phi) is 5.78. The second kappa shape index (κ2) is 8.11. The molecule has 3 aromatic rings. The summed E-state index contributed by atoms with van der Waals surface area (Å²) in [4.78, 5) is 29.1. The Bertz CT molecular complexity index is 1110. The van der Waals surface area contributed by atoms with E-state index in [1.165, 1.54) is 24.3 Å². The first-order valence-electron chi connectivity index (χ1n) is 8.08. The van der Waals surface area contributed by atoms with Gasteiger partial charge in [-0.05, 0) is 36.1 Å². The third kappa shape index (κ3) is 4.86. The van der Waals surface area contributed by atoms with E-state index >= 15 is 0 Å². The number of hydrogen-bond acceptors (Lipinski definition) is 5. The quantitative estimate of drug-likeness (QED) is 0.384. The van der Waals surface area contributed by atoms with E-state index in [1.54, 1.807) is 6.26 Å². The van der Waals surface area contributed by atoms with Crippen molar-refractivity contribution in [3.8, 4) is 5.75 Å². The maximum atomic E-state index is 14.0. The molecule has 1 heterocycles. The van der Waals surface area contributed by atoms with Gasteiger partial charge in [-0.25, -0.2) is 9.37 Å². The zero-order valence-electron chi connectivity index (χ0n) is 14.8. The van der Waals surface area contributed by atoms with E-state index in [4.69, 9.17) is 0 Å². The highest BCUT2D eigenvalue weighted by Gasteiger charge is 2.31. The molecule has 0 unspecified atom stereocenters. The van der Waals surface area contributed by atoms with Gasteiger partial charge in [0.1, 0.15) is 17.0 Å². The van der Waals surface area contributed by atoms with E-state index < -0.39 is 29.4 Å². The molecule has 0 atom stereocenters. The smallest absolute Gasteiger partial charge is 0.406 e. The average Bonchev–Trinajstić information content (AvgIpc) is 2.64. The number of nitrogens with zero attached hydrogens (tertiary/aromatic N) is 2. The number of thioether (sulfide) groups is 1. The van der Waals surface area contributed by atoms with Crippen LogP contribution in [-0.4, -0.2) is 28.2 Å². The molecule has 6 nitrogen and oxygen atoms in total. The molecule has 0 aliphatic rings. The molecule has 0 saturated heterocycles. The van der Waals surface area contributed by atoms with Gasteiger partial charge in [-0.1, -0.05) is 30.0 Å². The monoisotopic (exact) mass is 427 g/mol. The van der Waals surface area contributed by atoms with E-state index in [1.807, 2.05) is 0 Å². The zero-order valence-corrected chi connectivity index (χ0v) is 15.6. The van der Waals surface area contributed by atoms with Crippen LogP contribution in [0.25, 0.3) is 10.9 Å². The lowest BCUT2D eigenvalue weighted by Gasteiger charge is -2.13. The van der Waals surface area contributed by atoms with Gasteiger partial charge in [-0.3, -0.25) is 15.0 Å². The number of hydrogen-bond donors (Lipinski definition) is 1. The number of alkyl halides is 3. The molecule has 3 rings (SSSR count). The number of halogens is 4. The molecular weight excluding hydrogens is 414 g/mol. The Morgan fingerprint density at radius 1 is 1.21 bits per heavy atom. The molecule has 0 radical (unpaired) electrons. The van der Waals surface area contributed by atoms with Gasteiger partial charge in [0, 0.05) is 0 Å². The maximum Gasteiger partial charge on any atom is 0.573 e. The third-order valence-electron chi connectivity index (χ3n) is 3.76. The first kappa shape index (κ1) is 20.6. The van der Waals surface area contributed by atoms with Crippen molar-refractivity contribution < 1.29 is 27.1 Å². The Morgan fingerprint density at radius 3 is 2.52 bits per heavy atom. The number of carbonyl (C=O) groups excluding carboxylic acids is 1. The second-order valence-corrected chi connectivity index (χ2v) is 6.55. The lowest BCUT2D eigenvalue weighted by molar-refractivity contribution is -0.274. The summed E-state index contributed by atoms with van der Waals surface area (Å²) in [5.74, 6) is -1.82. The summed E-state index contributed by atoms with van der Waals surface area (Å²) >= 11 is 1.08. The fraction of sp³-hybridized carbons (Fsp3) is 0.167. The third-order valence-corrected chi connectivity index (χ3v) is 4.40. The molecule has 11 heteroatoms. The summed E-state index contributed by atoms with van der Waals surface area (Å²) in [6.07, 6.45) is -3.41. The molecule has 29 heavy (non-hydrogen) atoms. The van der Waals surface area contributed by atoms with Crippen LogP contribution in [0.4, 0.5) is 17.6 Å². The van der Waals surface area contributed by atoms with Crippen LogP contribution >= 0.6 is 11.8 Å². The Balaban J connectivity index is 1.82. The SMILES string of the molecule is CSc1nc2cccc(F)c2c(=O)n1NC(=O)Cc1ccc(OC(F)(F)F)cc1. The summed E-state index contributed by atoms with van der Waals surface area (Å²) in [6, 6.07) is 8.74. The van der Waals surface area contributed by atoms with Gasteiger partial charge in [0.25, 0.3) is 5.56 Å². The Labute approximate surface area is 165 Å². The van der Waals surface area contributed by atoms with Crippen molar-refractivity contribution in [2.24, 2.45) is 0 Å². The predicted octanol–water partition coefficient (Wildman–Crippen LogP) is 3.47. The number of amides is 1. The number of aromatic nitrogens is 2. The fourth-order valence-corrected chi connectivity index (χ4v) is 3.06. The van der Waals surface area contributed by atoms with Gasteiger partial charge in [-0.15, -0.1) is 13.2 Å². The van der Waals surface area contributed by atoms with E-state index in [9.17, 15) is 27.2 Å². The highest BCUT2D eigenvalue weighted by atomic mass is 32.2. The molecular formula is C18H13F4N3O3S. The first-order valence-corrected chi connectivity index (χ1v) is 9.30. The largest absolute Gasteiger partial charge is 0.573 e. The molecule has 2 aromatic carbocycles. The summed E-state index contributed by atoms with van der Waals surface area (Å²) in [6.45, 7) is 0. The molecule has 152 valence electrons. The fourth-order valence-electron chi connectivity index (χ4n) is 2.56. The lowest BCUT2D eigenvalue weighted by atomic mass is 10.1. The van der Waals surface area contributed by atoms with Crippen molar-refractivity contribution in [1.29, 1.82) is 0 Å². The van der Waals surface area contributed by atoms with Crippen LogP contribution in [0, 0.1) is 5.82 Å². The van der Waals surface area contributed by atoms with Gasteiger partial charge in [0.05, 0.1) is 11.9 Å². The van der Waals surface area contributed by atoms with Crippen molar-refractivity contribution >= 4 is 28.6 Å². The number of nitrogens with one attached hydrogen (secondary N) is 1. The standard InChI is InChI=1S/C18H13F4N3O3S/c1-29-17-23-13-4-2-3-12(19)15(13)16(27)25(17)24-14(26)9-10-5-7-11(8-6-10)28-18(20,21)22/h2-8H,9H2,1H3,(H,24,26). The molecule has 0 fully saturated rings. The molecule has 0 saturated carbocycles. The van der Waals surface area contributed by atoms with Crippen LogP contribution in [0.1, 0.15) is 5.56 Å². The molecule has 1 aromatic heterocycles. The number of benzene rings is 2. The number of carbonyl (C=O) groups is 1. The van der Waals surface area contributed by atoms with Crippen molar-refractivity contribution in [2.45, 2.75) is 17.9 Å². The maximum absolute atomic E-state index is 14.0. The van der Waals surface area contributed by atoms with Crippen LogP contribution in [0.15, 0.2) is 52.4 Å². The van der Waals surface area contributed by atoms with Gasteiger partial charge >= 0.3 is 6.36 Å². The summed E-state index contributed by atoms with van der Waals surface area (Å²) in [5.41, 5.74) is 2.12. The average molecular weight is 427 g/mol. The number of rotatable bonds is 5.